The summed E-state index contributed by atoms with van der Waals surface area (Å²) in [5, 5.41) is 2.08. The van der Waals surface area contributed by atoms with E-state index in [0.29, 0.717) is 0 Å². The predicted octanol–water partition coefficient (Wildman–Crippen LogP) is 3.18. The van der Waals surface area contributed by atoms with Crippen molar-refractivity contribution >= 4 is 0 Å². The molecular formula is C10H10F5N. The zero-order chi connectivity index (χ0) is 12.3. The number of nitrogens with one attached hydrogen (secondary N) is 1. The van der Waals surface area contributed by atoms with E-state index in [0.717, 1.165) is 18.2 Å². The van der Waals surface area contributed by atoms with E-state index in [2.05, 4.69) is 5.32 Å². The molecule has 1 N–H and O–H groups in total. The molecule has 0 bridgehead atoms. The summed E-state index contributed by atoms with van der Waals surface area (Å²) in [7, 11) is 0. The summed E-state index contributed by atoms with van der Waals surface area (Å²) in [5.74, 6) is -2.75. The van der Waals surface area contributed by atoms with Crippen molar-refractivity contribution in [1.82, 2.24) is 5.32 Å². The summed E-state index contributed by atoms with van der Waals surface area (Å²) in [6.45, 7) is 1.45. The number of rotatable bonds is 3. The predicted molar refractivity (Wildman–Crippen MR) is 48.8 cm³/mol. The third-order valence-corrected chi connectivity index (χ3v) is 2.03. The SMILES string of the molecule is CCNC(c1cccc(F)c1F)C(F)(F)F. The van der Waals surface area contributed by atoms with Gasteiger partial charge in [0.15, 0.2) is 11.6 Å². The number of benzene rings is 1. The molecule has 0 heterocycles. The first-order valence-electron chi connectivity index (χ1n) is 4.62. The van der Waals surface area contributed by atoms with Gasteiger partial charge in [0.2, 0.25) is 0 Å². The Balaban J connectivity index is 3.16. The summed E-state index contributed by atoms with van der Waals surface area (Å²) in [6.07, 6.45) is -4.66. The van der Waals surface area contributed by atoms with Crippen LogP contribution in [0.25, 0.3) is 0 Å². The van der Waals surface area contributed by atoms with Gasteiger partial charge in [-0.2, -0.15) is 13.2 Å². The molecule has 1 nitrogen and oxygen atoms in total. The Kier molecular flexibility index (Phi) is 3.85. The Morgan fingerprint density at radius 1 is 1.25 bits per heavy atom. The minimum Gasteiger partial charge on any atom is -0.303 e. The molecular weight excluding hydrogens is 229 g/mol. The van der Waals surface area contributed by atoms with Crippen LogP contribution in [0.3, 0.4) is 0 Å². The van der Waals surface area contributed by atoms with Crippen molar-refractivity contribution in [2.24, 2.45) is 0 Å². The number of alkyl halides is 3. The van der Waals surface area contributed by atoms with E-state index in [9.17, 15) is 22.0 Å². The van der Waals surface area contributed by atoms with Gasteiger partial charge in [0.1, 0.15) is 6.04 Å². The Morgan fingerprint density at radius 3 is 2.38 bits per heavy atom. The van der Waals surface area contributed by atoms with E-state index in [1.165, 1.54) is 6.92 Å². The lowest BCUT2D eigenvalue weighted by Crippen LogP contribution is -2.34. The lowest BCUT2D eigenvalue weighted by molar-refractivity contribution is -0.158. The van der Waals surface area contributed by atoms with Crippen molar-refractivity contribution in [1.29, 1.82) is 0 Å². The normalized spacial score (nSPS) is 13.9. The minimum atomic E-state index is -4.66. The molecule has 0 radical (unpaired) electrons. The molecule has 0 aliphatic heterocycles. The maximum atomic E-state index is 13.2. The highest BCUT2D eigenvalue weighted by atomic mass is 19.4. The Labute approximate surface area is 89.3 Å². The summed E-state index contributed by atoms with van der Waals surface area (Å²) in [4.78, 5) is 0. The summed E-state index contributed by atoms with van der Waals surface area (Å²) >= 11 is 0. The first-order chi connectivity index (χ1) is 7.38. The van der Waals surface area contributed by atoms with Crippen LogP contribution in [0.2, 0.25) is 0 Å². The van der Waals surface area contributed by atoms with Gasteiger partial charge in [-0.1, -0.05) is 19.1 Å². The van der Waals surface area contributed by atoms with Gasteiger partial charge < -0.3 is 5.32 Å². The maximum Gasteiger partial charge on any atom is 0.408 e. The van der Waals surface area contributed by atoms with Gasteiger partial charge in [0, 0.05) is 5.56 Å². The average Bonchev–Trinajstić information content (AvgIpc) is 2.18. The van der Waals surface area contributed by atoms with E-state index in [4.69, 9.17) is 0 Å². The maximum absolute atomic E-state index is 13.2. The van der Waals surface area contributed by atoms with Gasteiger partial charge in [-0.25, -0.2) is 8.78 Å². The van der Waals surface area contributed by atoms with Gasteiger partial charge in [0.05, 0.1) is 0 Å². The molecule has 1 atom stereocenters. The van der Waals surface area contributed by atoms with Crippen LogP contribution in [0.15, 0.2) is 18.2 Å². The highest BCUT2D eigenvalue weighted by Gasteiger charge is 2.41. The second kappa shape index (κ2) is 4.78. The van der Waals surface area contributed by atoms with Crippen LogP contribution in [0.4, 0.5) is 22.0 Å². The third-order valence-electron chi connectivity index (χ3n) is 2.03. The Morgan fingerprint density at radius 2 is 1.88 bits per heavy atom. The molecule has 6 heteroatoms. The van der Waals surface area contributed by atoms with Crippen LogP contribution < -0.4 is 5.32 Å². The van der Waals surface area contributed by atoms with Gasteiger partial charge in [0.25, 0.3) is 0 Å². The monoisotopic (exact) mass is 239 g/mol. The third kappa shape index (κ3) is 2.69. The smallest absolute Gasteiger partial charge is 0.303 e. The van der Waals surface area contributed by atoms with Gasteiger partial charge >= 0.3 is 6.18 Å². The molecule has 1 rings (SSSR count). The zero-order valence-electron chi connectivity index (χ0n) is 8.41. The topological polar surface area (TPSA) is 12.0 Å². The minimum absolute atomic E-state index is 0.000129. The van der Waals surface area contributed by atoms with Crippen molar-refractivity contribution in [3.8, 4) is 0 Å². The van der Waals surface area contributed by atoms with Crippen LogP contribution >= 0.6 is 0 Å². The van der Waals surface area contributed by atoms with E-state index >= 15 is 0 Å². The molecule has 0 spiro atoms. The fourth-order valence-electron chi connectivity index (χ4n) is 1.35. The molecule has 1 aromatic rings. The van der Waals surface area contributed by atoms with Crippen molar-refractivity contribution < 1.29 is 22.0 Å². The highest BCUT2D eigenvalue weighted by Crippen LogP contribution is 2.34. The standard InChI is InChI=1S/C10H10F5N/c1-2-16-9(10(13,14)15)6-4-3-5-7(11)8(6)12/h3-5,9,16H,2H2,1H3. The molecule has 0 saturated heterocycles. The molecule has 1 unspecified atom stereocenters. The molecule has 1 aromatic carbocycles. The van der Waals surface area contributed by atoms with Crippen LogP contribution in [-0.4, -0.2) is 12.7 Å². The van der Waals surface area contributed by atoms with Crippen LogP contribution in [0.1, 0.15) is 18.5 Å². The number of hydrogen-bond donors (Lipinski definition) is 1. The molecule has 90 valence electrons. The molecule has 0 aliphatic rings. The molecule has 0 saturated carbocycles. The Hall–Kier alpha value is -1.17. The molecule has 0 aromatic heterocycles. The molecule has 16 heavy (non-hydrogen) atoms. The lowest BCUT2D eigenvalue weighted by Gasteiger charge is -2.21. The van der Waals surface area contributed by atoms with Gasteiger partial charge in [-0.3, -0.25) is 0 Å². The van der Waals surface area contributed by atoms with Crippen LogP contribution in [-0.2, 0) is 0 Å². The van der Waals surface area contributed by atoms with Gasteiger partial charge in [-0.05, 0) is 12.6 Å². The van der Waals surface area contributed by atoms with Crippen molar-refractivity contribution in [3.05, 3.63) is 35.4 Å². The van der Waals surface area contributed by atoms with Crippen molar-refractivity contribution in [2.45, 2.75) is 19.1 Å². The fourth-order valence-corrected chi connectivity index (χ4v) is 1.35. The second-order valence-electron chi connectivity index (χ2n) is 3.18. The molecule has 0 fully saturated rings. The van der Waals surface area contributed by atoms with Crippen molar-refractivity contribution in [2.75, 3.05) is 6.54 Å². The lowest BCUT2D eigenvalue weighted by atomic mass is 10.1. The summed E-state index contributed by atoms with van der Waals surface area (Å²) in [5.41, 5.74) is -0.727. The second-order valence-corrected chi connectivity index (χ2v) is 3.18. The van der Waals surface area contributed by atoms with Gasteiger partial charge in [-0.15, -0.1) is 0 Å². The molecule has 0 aliphatic carbocycles. The average molecular weight is 239 g/mol. The van der Waals surface area contributed by atoms with E-state index in [1.54, 1.807) is 0 Å². The quantitative estimate of drug-likeness (QED) is 0.799. The Bertz CT molecular complexity index is 361. The van der Waals surface area contributed by atoms with Crippen molar-refractivity contribution in [3.63, 3.8) is 0 Å². The number of hydrogen-bond acceptors (Lipinski definition) is 1. The van der Waals surface area contributed by atoms with E-state index in [1.807, 2.05) is 0 Å². The fraction of sp³-hybridized carbons (Fsp3) is 0.400. The van der Waals surface area contributed by atoms with Crippen LogP contribution in [0.5, 0.6) is 0 Å². The summed E-state index contributed by atoms with van der Waals surface area (Å²) < 4.78 is 63.6. The number of halogens is 5. The van der Waals surface area contributed by atoms with Crippen LogP contribution in [0, 0.1) is 11.6 Å². The largest absolute Gasteiger partial charge is 0.408 e. The first-order valence-corrected chi connectivity index (χ1v) is 4.62. The van der Waals surface area contributed by atoms with E-state index in [-0.39, 0.29) is 6.54 Å². The zero-order valence-corrected chi connectivity index (χ0v) is 8.41. The van der Waals surface area contributed by atoms with E-state index < -0.39 is 29.4 Å². The first kappa shape index (κ1) is 12.9. The summed E-state index contributed by atoms with van der Waals surface area (Å²) in [6, 6.07) is 0.551. The highest BCUT2D eigenvalue weighted by molar-refractivity contribution is 5.23. The molecule has 0 amide bonds.